The molecule has 0 saturated carbocycles. The van der Waals surface area contributed by atoms with Crippen LogP contribution in [0.15, 0.2) is 30.6 Å². The highest BCUT2D eigenvalue weighted by Gasteiger charge is 2.24. The quantitative estimate of drug-likeness (QED) is 0.917. The Labute approximate surface area is 113 Å². The first-order chi connectivity index (χ1) is 9.25. The van der Waals surface area contributed by atoms with E-state index in [0.717, 1.165) is 12.1 Å². The van der Waals surface area contributed by atoms with Crippen molar-refractivity contribution in [2.45, 2.75) is 38.3 Å². The maximum Gasteiger partial charge on any atom is 0.0570 e. The van der Waals surface area contributed by atoms with Crippen molar-refractivity contribution in [3.63, 3.8) is 0 Å². The largest absolute Gasteiger partial charge is 0.302 e. The number of hydrogen-bond donors (Lipinski definition) is 1. The molecule has 0 fully saturated rings. The van der Waals surface area contributed by atoms with Gasteiger partial charge < -0.3 is 5.32 Å². The van der Waals surface area contributed by atoms with E-state index in [1.165, 1.54) is 24.1 Å². The minimum atomic E-state index is 0.261. The molecule has 0 aromatic carbocycles. The zero-order valence-corrected chi connectivity index (χ0v) is 11.5. The Morgan fingerprint density at radius 3 is 3.11 bits per heavy atom. The minimum absolute atomic E-state index is 0.261. The van der Waals surface area contributed by atoms with E-state index in [-0.39, 0.29) is 6.04 Å². The molecule has 1 unspecified atom stereocenters. The summed E-state index contributed by atoms with van der Waals surface area (Å²) in [5.74, 6) is 0. The molecule has 0 aliphatic heterocycles. The standard InChI is InChI=1S/C15H20N4/c1-11(13-6-3-4-9-16-13)18-14-7-5-8-15-12(14)10-17-19(15)2/h3-4,6,9-11,14,18H,5,7-8H2,1-2H3/t11-,14?/m1/s1. The molecule has 4 nitrogen and oxygen atoms in total. The molecule has 0 radical (unpaired) electrons. The van der Waals surface area contributed by atoms with Crippen LogP contribution in [0, 0.1) is 0 Å². The summed E-state index contributed by atoms with van der Waals surface area (Å²) in [7, 11) is 2.03. The Bertz CT molecular complexity index is 547. The van der Waals surface area contributed by atoms with E-state index in [4.69, 9.17) is 0 Å². The van der Waals surface area contributed by atoms with Gasteiger partial charge >= 0.3 is 0 Å². The first kappa shape index (κ1) is 12.4. The molecule has 19 heavy (non-hydrogen) atoms. The third-order valence-corrected chi connectivity index (χ3v) is 3.96. The lowest BCUT2D eigenvalue weighted by Crippen LogP contribution is -2.28. The fourth-order valence-corrected chi connectivity index (χ4v) is 2.90. The van der Waals surface area contributed by atoms with Crippen LogP contribution < -0.4 is 5.32 Å². The van der Waals surface area contributed by atoms with Crippen LogP contribution in [-0.4, -0.2) is 14.8 Å². The number of aromatic nitrogens is 3. The van der Waals surface area contributed by atoms with Gasteiger partial charge in [0.1, 0.15) is 0 Å². The molecule has 3 rings (SSSR count). The van der Waals surface area contributed by atoms with Crippen molar-refractivity contribution in [2.75, 3.05) is 0 Å². The third-order valence-electron chi connectivity index (χ3n) is 3.96. The maximum absolute atomic E-state index is 4.42. The van der Waals surface area contributed by atoms with Crippen LogP contribution >= 0.6 is 0 Å². The number of nitrogens with one attached hydrogen (secondary N) is 1. The topological polar surface area (TPSA) is 42.7 Å². The van der Waals surface area contributed by atoms with E-state index in [1.54, 1.807) is 0 Å². The van der Waals surface area contributed by atoms with E-state index in [0.29, 0.717) is 6.04 Å². The van der Waals surface area contributed by atoms with Gasteiger partial charge in [0.25, 0.3) is 0 Å². The number of pyridine rings is 1. The Balaban J connectivity index is 1.78. The molecule has 2 aromatic heterocycles. The van der Waals surface area contributed by atoms with Crippen molar-refractivity contribution in [3.05, 3.63) is 47.5 Å². The second kappa shape index (κ2) is 5.13. The van der Waals surface area contributed by atoms with Crippen LogP contribution in [0.4, 0.5) is 0 Å². The highest BCUT2D eigenvalue weighted by Crippen LogP contribution is 2.30. The van der Waals surface area contributed by atoms with E-state index in [1.807, 2.05) is 36.3 Å². The molecule has 0 spiro atoms. The molecule has 0 saturated heterocycles. The van der Waals surface area contributed by atoms with Gasteiger partial charge in [0.05, 0.1) is 11.9 Å². The van der Waals surface area contributed by atoms with E-state index >= 15 is 0 Å². The lowest BCUT2D eigenvalue weighted by molar-refractivity contribution is 0.407. The van der Waals surface area contributed by atoms with Crippen LogP contribution in [0.3, 0.4) is 0 Å². The number of rotatable bonds is 3. The molecule has 2 aromatic rings. The average Bonchev–Trinajstić information content (AvgIpc) is 2.83. The summed E-state index contributed by atoms with van der Waals surface area (Å²) in [5, 5.41) is 8.08. The predicted molar refractivity (Wildman–Crippen MR) is 74.7 cm³/mol. The van der Waals surface area contributed by atoms with Crippen molar-refractivity contribution in [2.24, 2.45) is 7.05 Å². The predicted octanol–water partition coefficient (Wildman–Crippen LogP) is 2.54. The molecular formula is C15H20N4. The molecule has 0 bridgehead atoms. The molecule has 2 atom stereocenters. The smallest absolute Gasteiger partial charge is 0.0570 e. The highest BCUT2D eigenvalue weighted by molar-refractivity contribution is 5.25. The monoisotopic (exact) mass is 256 g/mol. The fraction of sp³-hybridized carbons (Fsp3) is 0.467. The molecule has 2 heterocycles. The van der Waals surface area contributed by atoms with E-state index in [9.17, 15) is 0 Å². The van der Waals surface area contributed by atoms with Gasteiger partial charge in [-0.2, -0.15) is 5.10 Å². The molecule has 1 N–H and O–H groups in total. The SMILES string of the molecule is C[C@@H](NC1CCCc2c1cnn2C)c1ccccn1. The van der Waals surface area contributed by atoms with Gasteiger partial charge in [-0.1, -0.05) is 6.07 Å². The van der Waals surface area contributed by atoms with Gasteiger partial charge in [-0.15, -0.1) is 0 Å². The summed E-state index contributed by atoms with van der Waals surface area (Å²) in [6.07, 6.45) is 7.40. The zero-order chi connectivity index (χ0) is 13.2. The first-order valence-corrected chi connectivity index (χ1v) is 6.93. The summed E-state index contributed by atoms with van der Waals surface area (Å²) >= 11 is 0. The van der Waals surface area contributed by atoms with Crippen LogP contribution in [0.2, 0.25) is 0 Å². The summed E-state index contributed by atoms with van der Waals surface area (Å²) in [5.41, 5.74) is 3.83. The van der Waals surface area contributed by atoms with Crippen molar-refractivity contribution in [3.8, 4) is 0 Å². The lowest BCUT2D eigenvalue weighted by Gasteiger charge is -2.27. The summed E-state index contributed by atoms with van der Waals surface area (Å²) in [6.45, 7) is 2.17. The maximum atomic E-state index is 4.42. The van der Waals surface area contributed by atoms with Crippen molar-refractivity contribution in [1.29, 1.82) is 0 Å². The van der Waals surface area contributed by atoms with Gasteiger partial charge in [-0.05, 0) is 38.3 Å². The molecule has 4 heteroatoms. The van der Waals surface area contributed by atoms with Gasteiger partial charge in [-0.25, -0.2) is 0 Å². The summed E-state index contributed by atoms with van der Waals surface area (Å²) in [4.78, 5) is 4.42. The summed E-state index contributed by atoms with van der Waals surface area (Å²) in [6, 6.07) is 6.73. The molecular weight excluding hydrogens is 236 g/mol. The number of fused-ring (bicyclic) bond motifs is 1. The minimum Gasteiger partial charge on any atom is -0.302 e. The van der Waals surface area contributed by atoms with Crippen LogP contribution in [0.25, 0.3) is 0 Å². The normalized spacial score (nSPS) is 20.0. The molecule has 1 aliphatic carbocycles. The van der Waals surface area contributed by atoms with Gasteiger partial charge in [0.15, 0.2) is 0 Å². The third kappa shape index (κ3) is 2.40. The Morgan fingerprint density at radius 1 is 1.42 bits per heavy atom. The fourth-order valence-electron chi connectivity index (χ4n) is 2.90. The van der Waals surface area contributed by atoms with Crippen molar-refractivity contribution >= 4 is 0 Å². The van der Waals surface area contributed by atoms with Gasteiger partial charge in [0.2, 0.25) is 0 Å². The number of nitrogens with zero attached hydrogens (tertiary/aromatic N) is 3. The van der Waals surface area contributed by atoms with E-state index < -0.39 is 0 Å². The van der Waals surface area contributed by atoms with Crippen molar-refractivity contribution < 1.29 is 0 Å². The first-order valence-electron chi connectivity index (χ1n) is 6.93. The van der Waals surface area contributed by atoms with Gasteiger partial charge in [0, 0.05) is 36.6 Å². The summed E-state index contributed by atoms with van der Waals surface area (Å²) < 4.78 is 2.01. The molecule has 100 valence electrons. The van der Waals surface area contributed by atoms with Crippen LogP contribution in [0.5, 0.6) is 0 Å². The van der Waals surface area contributed by atoms with Crippen LogP contribution in [0.1, 0.15) is 48.8 Å². The highest BCUT2D eigenvalue weighted by atomic mass is 15.3. The Hall–Kier alpha value is -1.68. The van der Waals surface area contributed by atoms with Crippen molar-refractivity contribution in [1.82, 2.24) is 20.1 Å². The van der Waals surface area contributed by atoms with Crippen LogP contribution in [-0.2, 0) is 13.5 Å². The number of aryl methyl sites for hydroxylation is 1. The Morgan fingerprint density at radius 2 is 2.32 bits per heavy atom. The Kier molecular flexibility index (Phi) is 3.34. The second-order valence-electron chi connectivity index (χ2n) is 5.26. The average molecular weight is 256 g/mol. The number of hydrogen-bond acceptors (Lipinski definition) is 3. The lowest BCUT2D eigenvalue weighted by atomic mass is 9.92. The van der Waals surface area contributed by atoms with E-state index in [2.05, 4.69) is 28.4 Å². The van der Waals surface area contributed by atoms with Gasteiger partial charge in [-0.3, -0.25) is 9.67 Å². The molecule has 1 aliphatic rings. The molecule has 0 amide bonds. The zero-order valence-electron chi connectivity index (χ0n) is 11.5. The second-order valence-corrected chi connectivity index (χ2v) is 5.26.